The van der Waals surface area contributed by atoms with Gasteiger partial charge in [0.1, 0.15) is 6.07 Å². The first-order valence-electron chi connectivity index (χ1n) is 3.30. The molecule has 0 saturated carbocycles. The number of nitrogens with zero attached hydrogens (tertiary/aromatic N) is 2. The number of ether oxygens (including phenoxy) is 1. The zero-order valence-electron chi connectivity index (χ0n) is 6.76. The van der Waals surface area contributed by atoms with Crippen molar-refractivity contribution in [2.75, 3.05) is 7.11 Å². The molecule has 3 nitrogen and oxygen atoms in total. The molecule has 62 valence electrons. The fraction of sp³-hybridized carbons (Fsp3) is 0.250. The van der Waals surface area contributed by atoms with Gasteiger partial charge in [0.15, 0.2) is 11.4 Å². The zero-order valence-corrected chi connectivity index (χ0v) is 8.34. The van der Waals surface area contributed by atoms with Crippen molar-refractivity contribution >= 4 is 15.9 Å². The van der Waals surface area contributed by atoms with Crippen LogP contribution >= 0.6 is 15.9 Å². The molecule has 1 heterocycles. The average Bonchev–Trinajstić information content (AvgIpc) is 2.09. The predicted octanol–water partition coefficient (Wildman–Crippen LogP) is 2.03. The van der Waals surface area contributed by atoms with Gasteiger partial charge in [-0.15, -0.1) is 0 Å². The Bertz CT molecular complexity index is 344. The van der Waals surface area contributed by atoms with Gasteiger partial charge in [-0.2, -0.15) is 5.26 Å². The number of aromatic nitrogens is 1. The summed E-state index contributed by atoms with van der Waals surface area (Å²) in [5, 5.41) is 8.66. The zero-order chi connectivity index (χ0) is 9.14. The largest absolute Gasteiger partial charge is 0.494 e. The van der Waals surface area contributed by atoms with Gasteiger partial charge in [0.2, 0.25) is 0 Å². The van der Waals surface area contributed by atoms with Crippen LogP contribution in [0, 0.1) is 18.3 Å². The molecule has 0 N–H and O–H groups in total. The SMILES string of the molecule is COc1cc(Br)c(C)nc1C#N. The second-order valence-electron chi connectivity index (χ2n) is 2.22. The highest BCUT2D eigenvalue weighted by Crippen LogP contribution is 2.23. The normalized spacial score (nSPS) is 9.17. The summed E-state index contributed by atoms with van der Waals surface area (Å²) in [7, 11) is 1.51. The molecule has 12 heavy (non-hydrogen) atoms. The molecule has 0 spiro atoms. The van der Waals surface area contributed by atoms with E-state index >= 15 is 0 Å². The van der Waals surface area contributed by atoms with E-state index in [9.17, 15) is 0 Å². The lowest BCUT2D eigenvalue weighted by molar-refractivity contribution is 0.410. The number of aryl methyl sites for hydroxylation is 1. The molecule has 0 atom stereocenters. The lowest BCUT2D eigenvalue weighted by atomic mass is 10.3. The van der Waals surface area contributed by atoms with Crippen molar-refractivity contribution in [1.82, 2.24) is 4.98 Å². The van der Waals surface area contributed by atoms with Gasteiger partial charge in [0, 0.05) is 4.47 Å². The van der Waals surface area contributed by atoms with Gasteiger partial charge >= 0.3 is 0 Å². The monoisotopic (exact) mass is 226 g/mol. The van der Waals surface area contributed by atoms with Crippen LogP contribution in [0.4, 0.5) is 0 Å². The van der Waals surface area contributed by atoms with Gasteiger partial charge in [-0.1, -0.05) is 0 Å². The number of hydrogen-bond donors (Lipinski definition) is 0. The summed E-state index contributed by atoms with van der Waals surface area (Å²) in [4.78, 5) is 4.03. The number of halogens is 1. The van der Waals surface area contributed by atoms with E-state index in [1.807, 2.05) is 13.0 Å². The predicted molar refractivity (Wildman–Crippen MR) is 47.9 cm³/mol. The first kappa shape index (κ1) is 9.01. The Hall–Kier alpha value is -1.08. The van der Waals surface area contributed by atoms with Crippen LogP contribution in [0.15, 0.2) is 10.5 Å². The van der Waals surface area contributed by atoms with Crippen molar-refractivity contribution in [3.8, 4) is 11.8 Å². The molecule has 0 radical (unpaired) electrons. The van der Waals surface area contributed by atoms with Gasteiger partial charge in [0.25, 0.3) is 0 Å². The Kier molecular flexibility index (Phi) is 2.66. The van der Waals surface area contributed by atoms with Gasteiger partial charge in [0.05, 0.1) is 12.8 Å². The fourth-order valence-corrected chi connectivity index (χ4v) is 1.10. The van der Waals surface area contributed by atoms with Crippen LogP contribution in [0.5, 0.6) is 5.75 Å². The minimum atomic E-state index is 0.318. The molecule has 0 aromatic carbocycles. The quantitative estimate of drug-likeness (QED) is 0.737. The molecular formula is C8H7BrN2O. The third kappa shape index (κ3) is 1.56. The maximum absolute atomic E-state index is 8.66. The molecular weight excluding hydrogens is 220 g/mol. The van der Waals surface area contributed by atoms with Crippen molar-refractivity contribution in [2.24, 2.45) is 0 Å². The molecule has 0 amide bonds. The number of hydrogen-bond acceptors (Lipinski definition) is 3. The number of rotatable bonds is 1. The maximum Gasteiger partial charge on any atom is 0.182 e. The Labute approximate surface area is 79.1 Å². The number of nitriles is 1. The standard InChI is InChI=1S/C8H7BrN2O/c1-5-6(9)3-8(12-2)7(4-10)11-5/h3H,1-2H3. The molecule has 1 aromatic rings. The first-order valence-corrected chi connectivity index (χ1v) is 4.09. The van der Waals surface area contributed by atoms with Gasteiger partial charge in [-0.3, -0.25) is 0 Å². The van der Waals surface area contributed by atoms with Gasteiger partial charge < -0.3 is 4.74 Å². The first-order chi connectivity index (χ1) is 5.69. The minimum absolute atomic E-state index is 0.318. The minimum Gasteiger partial charge on any atom is -0.494 e. The second-order valence-corrected chi connectivity index (χ2v) is 3.07. The Morgan fingerprint density at radius 1 is 1.67 bits per heavy atom. The van der Waals surface area contributed by atoms with E-state index in [0.29, 0.717) is 11.4 Å². The van der Waals surface area contributed by atoms with Gasteiger partial charge in [-0.05, 0) is 28.9 Å². The Morgan fingerprint density at radius 2 is 2.33 bits per heavy atom. The fourth-order valence-electron chi connectivity index (χ4n) is 0.800. The molecule has 4 heteroatoms. The molecule has 1 rings (SSSR count). The van der Waals surface area contributed by atoms with E-state index in [0.717, 1.165) is 10.2 Å². The van der Waals surface area contributed by atoms with E-state index in [4.69, 9.17) is 10.00 Å². The van der Waals surface area contributed by atoms with Crippen molar-refractivity contribution < 1.29 is 4.74 Å². The molecule has 0 bridgehead atoms. The highest BCUT2D eigenvalue weighted by Gasteiger charge is 2.06. The van der Waals surface area contributed by atoms with E-state index in [1.54, 1.807) is 6.07 Å². The van der Waals surface area contributed by atoms with Gasteiger partial charge in [-0.25, -0.2) is 4.98 Å². The van der Waals surface area contributed by atoms with E-state index in [2.05, 4.69) is 20.9 Å². The maximum atomic E-state index is 8.66. The van der Waals surface area contributed by atoms with Crippen LogP contribution in [0.1, 0.15) is 11.4 Å². The van der Waals surface area contributed by atoms with Crippen molar-refractivity contribution in [1.29, 1.82) is 5.26 Å². The molecule has 0 unspecified atom stereocenters. The summed E-state index contributed by atoms with van der Waals surface area (Å²) in [6, 6.07) is 3.69. The van der Waals surface area contributed by atoms with E-state index < -0.39 is 0 Å². The summed E-state index contributed by atoms with van der Waals surface area (Å²) in [6.07, 6.45) is 0. The summed E-state index contributed by atoms with van der Waals surface area (Å²) in [5.41, 5.74) is 1.10. The highest BCUT2D eigenvalue weighted by molar-refractivity contribution is 9.10. The topological polar surface area (TPSA) is 45.9 Å². The molecule has 0 saturated heterocycles. The molecule has 0 aliphatic carbocycles. The lowest BCUT2D eigenvalue weighted by Gasteiger charge is -2.03. The summed E-state index contributed by atoms with van der Waals surface area (Å²) < 4.78 is 5.80. The van der Waals surface area contributed by atoms with Crippen LogP contribution in [-0.4, -0.2) is 12.1 Å². The Morgan fingerprint density at radius 3 is 2.83 bits per heavy atom. The van der Waals surface area contributed by atoms with Crippen LogP contribution in [-0.2, 0) is 0 Å². The van der Waals surface area contributed by atoms with Crippen LogP contribution < -0.4 is 4.74 Å². The molecule has 1 aromatic heterocycles. The molecule has 0 aliphatic rings. The molecule has 0 fully saturated rings. The third-order valence-electron chi connectivity index (χ3n) is 1.44. The number of pyridine rings is 1. The van der Waals surface area contributed by atoms with Crippen LogP contribution in [0.3, 0.4) is 0 Å². The summed E-state index contributed by atoms with van der Waals surface area (Å²) in [6.45, 7) is 1.82. The summed E-state index contributed by atoms with van der Waals surface area (Å²) >= 11 is 3.30. The average molecular weight is 227 g/mol. The van der Waals surface area contributed by atoms with Crippen molar-refractivity contribution in [2.45, 2.75) is 6.92 Å². The van der Waals surface area contributed by atoms with E-state index in [1.165, 1.54) is 7.11 Å². The highest BCUT2D eigenvalue weighted by atomic mass is 79.9. The number of methoxy groups -OCH3 is 1. The Balaban J connectivity index is 3.31. The van der Waals surface area contributed by atoms with Crippen molar-refractivity contribution in [3.05, 3.63) is 21.9 Å². The van der Waals surface area contributed by atoms with Crippen LogP contribution in [0.2, 0.25) is 0 Å². The summed E-state index contributed by atoms with van der Waals surface area (Å²) in [5.74, 6) is 0.495. The smallest absolute Gasteiger partial charge is 0.182 e. The lowest BCUT2D eigenvalue weighted by Crippen LogP contribution is -1.94. The van der Waals surface area contributed by atoms with E-state index in [-0.39, 0.29) is 0 Å². The molecule has 0 aliphatic heterocycles. The third-order valence-corrected chi connectivity index (χ3v) is 2.24. The van der Waals surface area contributed by atoms with Crippen LogP contribution in [0.25, 0.3) is 0 Å². The van der Waals surface area contributed by atoms with Crippen molar-refractivity contribution in [3.63, 3.8) is 0 Å². The second kappa shape index (κ2) is 3.55.